The highest BCUT2D eigenvalue weighted by Gasteiger charge is 2.65. The number of hydrogen-bond donors (Lipinski definition) is 1. The van der Waals surface area contributed by atoms with Gasteiger partial charge in [0.05, 0.1) is 0 Å². The van der Waals surface area contributed by atoms with Crippen molar-refractivity contribution in [1.82, 2.24) is 0 Å². The Bertz CT molecular complexity index is 405. The molecule has 4 fully saturated rings. The molecule has 0 aromatic heterocycles. The van der Waals surface area contributed by atoms with Crippen LogP contribution in [0.25, 0.3) is 0 Å². The zero-order chi connectivity index (χ0) is 13.9. The first-order valence-electron chi connectivity index (χ1n) is 7.19. The van der Waals surface area contributed by atoms with Gasteiger partial charge in [0, 0.05) is 0 Å². The van der Waals surface area contributed by atoms with Gasteiger partial charge in [-0.05, 0) is 66.7 Å². The first-order chi connectivity index (χ1) is 8.72. The Morgan fingerprint density at radius 3 is 2.05 bits per heavy atom. The van der Waals surface area contributed by atoms with Crippen LogP contribution in [0.15, 0.2) is 0 Å². The summed E-state index contributed by atoms with van der Waals surface area (Å²) >= 11 is 0. The average Bonchev–Trinajstić information content (AvgIpc) is 2.22. The van der Waals surface area contributed by atoms with Gasteiger partial charge in [0.25, 0.3) is 5.09 Å². The maximum Gasteiger partial charge on any atom is 0.294 e. The van der Waals surface area contributed by atoms with E-state index < -0.39 is 5.09 Å². The normalized spacial score (nSPS) is 51.3. The lowest BCUT2D eigenvalue weighted by Crippen LogP contribution is -2.62. The van der Waals surface area contributed by atoms with Crippen molar-refractivity contribution in [2.45, 2.75) is 52.4 Å². The molecule has 0 heterocycles. The summed E-state index contributed by atoms with van der Waals surface area (Å²) in [6.07, 6.45) is 6.74. The molecule has 0 aliphatic heterocycles. The quantitative estimate of drug-likeness (QED) is 0.627. The van der Waals surface area contributed by atoms with Crippen LogP contribution in [0.4, 0.5) is 0 Å². The van der Waals surface area contributed by atoms with Gasteiger partial charge < -0.3 is 10.6 Å². The Labute approximate surface area is 114 Å². The lowest BCUT2D eigenvalue weighted by molar-refractivity contribution is -0.761. The molecule has 108 valence electrons. The molecule has 4 rings (SSSR count). The van der Waals surface area contributed by atoms with Crippen LogP contribution in [0, 0.1) is 31.8 Å². The van der Waals surface area contributed by atoms with Crippen molar-refractivity contribution in [3.8, 4) is 0 Å². The molecule has 2 N–H and O–H groups in total. The molecule has 19 heavy (non-hydrogen) atoms. The van der Waals surface area contributed by atoms with E-state index in [1.165, 1.54) is 19.3 Å². The van der Waals surface area contributed by atoms with Crippen LogP contribution in [0.3, 0.4) is 0 Å². The van der Waals surface area contributed by atoms with Crippen LogP contribution in [0.2, 0.25) is 0 Å². The van der Waals surface area contributed by atoms with E-state index in [4.69, 9.17) is 10.6 Å². The molecule has 2 unspecified atom stereocenters. The van der Waals surface area contributed by atoms with E-state index >= 15 is 0 Å². The largest absolute Gasteiger partial charge is 0.330 e. The van der Waals surface area contributed by atoms with Crippen LogP contribution in [0.1, 0.15) is 52.4 Å². The number of hydrogen-bond acceptors (Lipinski definition) is 4. The highest BCUT2D eigenvalue weighted by Crippen LogP contribution is 2.73. The van der Waals surface area contributed by atoms with Gasteiger partial charge in [0.2, 0.25) is 0 Å². The van der Waals surface area contributed by atoms with Crippen LogP contribution in [0.5, 0.6) is 0 Å². The van der Waals surface area contributed by atoms with E-state index in [-0.39, 0.29) is 17.4 Å². The summed E-state index contributed by atoms with van der Waals surface area (Å²) < 4.78 is 0. The molecular weight excluding hydrogens is 244 g/mol. The molecule has 4 aliphatic carbocycles. The van der Waals surface area contributed by atoms with Gasteiger partial charge in [0.15, 0.2) is 0 Å². The predicted molar refractivity (Wildman–Crippen MR) is 70.8 cm³/mol. The van der Waals surface area contributed by atoms with E-state index in [1.807, 2.05) is 0 Å². The smallest absolute Gasteiger partial charge is 0.294 e. The number of rotatable bonds is 4. The fraction of sp³-hybridized carbons (Fsp3) is 1.00. The van der Waals surface area contributed by atoms with E-state index in [1.54, 1.807) is 0 Å². The highest BCUT2D eigenvalue weighted by molar-refractivity contribution is 5.15. The Kier molecular flexibility index (Phi) is 2.51. The zero-order valence-electron chi connectivity index (χ0n) is 11.9. The summed E-state index contributed by atoms with van der Waals surface area (Å²) in [5.74, 6) is 0. The lowest BCUT2D eigenvalue weighted by atomic mass is 9.36. The minimum atomic E-state index is -0.641. The van der Waals surface area contributed by atoms with Crippen LogP contribution in [-0.2, 0) is 4.84 Å². The van der Waals surface area contributed by atoms with Crippen molar-refractivity contribution in [2.75, 3.05) is 13.2 Å². The van der Waals surface area contributed by atoms with Crippen molar-refractivity contribution in [3.05, 3.63) is 10.1 Å². The van der Waals surface area contributed by atoms with Gasteiger partial charge in [-0.25, -0.2) is 0 Å². The fourth-order valence-electron chi connectivity index (χ4n) is 6.76. The Morgan fingerprint density at radius 2 is 1.58 bits per heavy atom. The van der Waals surface area contributed by atoms with Crippen molar-refractivity contribution in [1.29, 1.82) is 0 Å². The molecule has 4 saturated carbocycles. The minimum absolute atomic E-state index is 0.0231. The molecule has 0 aromatic carbocycles. The lowest BCUT2D eigenvalue weighted by Gasteiger charge is -2.69. The van der Waals surface area contributed by atoms with Gasteiger partial charge in [0.1, 0.15) is 6.61 Å². The third kappa shape index (κ3) is 2.02. The molecule has 5 heteroatoms. The van der Waals surface area contributed by atoms with Crippen molar-refractivity contribution < 1.29 is 9.92 Å². The van der Waals surface area contributed by atoms with Gasteiger partial charge in [-0.2, -0.15) is 0 Å². The van der Waals surface area contributed by atoms with Gasteiger partial charge in [-0.3, -0.25) is 0 Å². The summed E-state index contributed by atoms with van der Waals surface area (Å²) in [5.41, 5.74) is 6.84. The van der Waals surface area contributed by atoms with E-state index in [0.29, 0.717) is 17.4 Å². The average molecular weight is 268 g/mol. The number of nitrogens with two attached hydrogens (primary N) is 1. The summed E-state index contributed by atoms with van der Waals surface area (Å²) in [6, 6.07) is 0. The molecule has 0 saturated heterocycles. The van der Waals surface area contributed by atoms with Crippen molar-refractivity contribution in [2.24, 2.45) is 27.4 Å². The monoisotopic (exact) mass is 268 g/mol. The van der Waals surface area contributed by atoms with Gasteiger partial charge in [-0.1, -0.05) is 13.8 Å². The SMILES string of the molecule is C[C@]12CC3(CN)CC(CO[N+](=O)[O-])(C1)C[C@@](C)(C3)C2. The maximum absolute atomic E-state index is 10.6. The molecule has 5 nitrogen and oxygen atoms in total. The minimum Gasteiger partial charge on any atom is -0.330 e. The van der Waals surface area contributed by atoms with Gasteiger partial charge in [-0.15, -0.1) is 10.1 Å². The summed E-state index contributed by atoms with van der Waals surface area (Å²) in [6.45, 7) is 5.65. The second kappa shape index (κ2) is 3.62. The molecule has 0 amide bonds. The number of nitrogens with zero attached hydrogens (tertiary/aromatic N) is 1. The molecule has 0 spiro atoms. The van der Waals surface area contributed by atoms with E-state index in [9.17, 15) is 10.1 Å². The third-order valence-electron chi connectivity index (χ3n) is 5.72. The van der Waals surface area contributed by atoms with Crippen LogP contribution < -0.4 is 5.73 Å². The Balaban J connectivity index is 1.92. The summed E-state index contributed by atoms with van der Waals surface area (Å²) in [7, 11) is 0. The van der Waals surface area contributed by atoms with Crippen molar-refractivity contribution in [3.63, 3.8) is 0 Å². The zero-order valence-corrected chi connectivity index (χ0v) is 11.9. The summed E-state index contributed by atoms with van der Waals surface area (Å²) in [4.78, 5) is 15.3. The topological polar surface area (TPSA) is 78.4 Å². The summed E-state index contributed by atoms with van der Waals surface area (Å²) in [5, 5.41) is 9.92. The first kappa shape index (κ1) is 13.2. The van der Waals surface area contributed by atoms with Crippen molar-refractivity contribution >= 4 is 0 Å². The standard InChI is InChI=1S/C14H24N2O3/c1-11-3-12(2)5-13(4-11,9-15)8-14(6-11,7-12)10-19-16(17)18/h3-10,15H2,1-2H3/t11-,12+,13?,14?. The molecule has 0 radical (unpaired) electrons. The highest BCUT2D eigenvalue weighted by atomic mass is 16.9. The Hall–Kier alpha value is -0.840. The predicted octanol–water partition coefficient (Wildman–Crippen LogP) is 2.52. The molecular formula is C14H24N2O3. The second-order valence-electron chi connectivity index (χ2n) is 8.38. The van der Waals surface area contributed by atoms with Gasteiger partial charge >= 0.3 is 0 Å². The van der Waals surface area contributed by atoms with E-state index in [0.717, 1.165) is 19.3 Å². The first-order valence-corrected chi connectivity index (χ1v) is 7.19. The Morgan fingerprint density at radius 1 is 1.05 bits per heavy atom. The van der Waals surface area contributed by atoms with E-state index in [2.05, 4.69) is 13.8 Å². The third-order valence-corrected chi connectivity index (χ3v) is 5.72. The second-order valence-corrected chi connectivity index (χ2v) is 8.38. The molecule has 4 atom stereocenters. The van der Waals surface area contributed by atoms with Crippen LogP contribution in [-0.4, -0.2) is 18.2 Å². The molecule has 4 bridgehead atoms. The molecule has 0 aromatic rings. The molecule has 4 aliphatic rings. The van der Waals surface area contributed by atoms with Crippen LogP contribution >= 0.6 is 0 Å². The maximum atomic E-state index is 10.6. The fourth-order valence-corrected chi connectivity index (χ4v) is 6.76.